The molecule has 7 N–H and O–H groups in total. The molecule has 13 nitrogen and oxygen atoms in total. The van der Waals surface area contributed by atoms with Gasteiger partial charge in [-0.1, -0.05) is 52.8 Å². The highest BCUT2D eigenvalue weighted by atomic mass is 32.3. The molecule has 1 heterocycles. The lowest BCUT2D eigenvalue weighted by molar-refractivity contribution is -0.285. The standard InChI is InChI=1S/C34H56O13S/c1-17(19(3)15-35)7-8-18(2)25-27(39)28(47-48(41,42)43)30-33(25,5)12-10-24-32(4)11-9-20(13-21(32)22(36)14-34(24,30)40)46-31-29(44-6)26(38)23(37)16-45-31/h7-8,13,17-20,22-31,35-40H,9-12,14-16H2,1-6H3,(H,41,42,43)/b8-7+/t17?,18-,19?,20+,22-,23?,24?,25+,26?,27-,28?,29?,30?,31?,32+,33-,34+/m1/s1. The molecule has 0 aromatic carbocycles. The minimum atomic E-state index is -5.02. The largest absolute Gasteiger partial charge is 0.397 e. The molecule has 48 heavy (non-hydrogen) atoms. The Labute approximate surface area is 283 Å². The zero-order chi connectivity index (χ0) is 35.6. The molecular formula is C34H56O13S. The van der Waals surface area contributed by atoms with Crippen LogP contribution in [0.4, 0.5) is 0 Å². The smallest absolute Gasteiger partial charge is 0.396 e. The second kappa shape index (κ2) is 13.8. The van der Waals surface area contributed by atoms with Crippen LogP contribution in [-0.2, 0) is 28.8 Å². The Morgan fingerprint density at radius 1 is 1.04 bits per heavy atom. The Morgan fingerprint density at radius 2 is 1.73 bits per heavy atom. The van der Waals surface area contributed by atoms with Crippen molar-refractivity contribution >= 4 is 10.4 Å². The number of methoxy groups -OCH3 is 1. The fourth-order valence-corrected chi connectivity index (χ4v) is 10.9. The average Bonchev–Trinajstić information content (AvgIpc) is 3.22. The number of hydrogen-bond acceptors (Lipinski definition) is 12. The number of aliphatic hydroxyl groups excluding tert-OH is 5. The fraction of sp³-hybridized carbons (Fsp3) is 0.882. The summed E-state index contributed by atoms with van der Waals surface area (Å²) in [5.74, 6) is -2.15. The van der Waals surface area contributed by atoms with E-state index in [-0.39, 0.29) is 37.4 Å². The van der Waals surface area contributed by atoms with E-state index in [9.17, 15) is 43.6 Å². The van der Waals surface area contributed by atoms with Gasteiger partial charge in [0.25, 0.3) is 0 Å². The van der Waals surface area contributed by atoms with Gasteiger partial charge in [-0.25, -0.2) is 4.18 Å². The number of ether oxygens (including phenoxy) is 3. The Balaban J connectivity index is 1.47. The Bertz CT molecular complexity index is 1320. The minimum Gasteiger partial charge on any atom is -0.396 e. The molecular weight excluding hydrogens is 648 g/mol. The Kier molecular flexibility index (Phi) is 11.0. The van der Waals surface area contributed by atoms with E-state index in [2.05, 4.69) is 0 Å². The lowest BCUT2D eigenvalue weighted by atomic mass is 9.43. The van der Waals surface area contributed by atoms with Crippen LogP contribution < -0.4 is 0 Å². The minimum absolute atomic E-state index is 0.0142. The summed E-state index contributed by atoms with van der Waals surface area (Å²) < 4.78 is 56.7. The SMILES string of the molecule is COC1C(O[C@@H]2C=C3[C@H](O)C[C@]4(O)C(CC[C@@]5(C)C4C(OS(=O)(=O)O)[C@H](O)[C@@H]5[C@H](C)/C=C/C(C)C(C)CO)[C@@]3(C)CC2)OCC(O)C1O. The molecule has 0 aromatic rings. The van der Waals surface area contributed by atoms with E-state index in [0.717, 1.165) is 0 Å². The van der Waals surface area contributed by atoms with Crippen molar-refractivity contribution in [2.45, 2.75) is 121 Å². The summed E-state index contributed by atoms with van der Waals surface area (Å²) in [6.45, 7) is 9.66. The van der Waals surface area contributed by atoms with E-state index in [4.69, 9.17) is 18.4 Å². The second-order valence-corrected chi connectivity index (χ2v) is 16.8. The molecule has 4 fully saturated rings. The first kappa shape index (κ1) is 38.2. The van der Waals surface area contributed by atoms with Gasteiger partial charge in [0.2, 0.25) is 0 Å². The maximum absolute atomic E-state index is 12.8. The molecule has 276 valence electrons. The van der Waals surface area contributed by atoms with Crippen LogP contribution in [-0.4, -0.2) is 119 Å². The summed E-state index contributed by atoms with van der Waals surface area (Å²) in [6.07, 6.45) is -0.934. The maximum atomic E-state index is 12.8. The van der Waals surface area contributed by atoms with E-state index in [0.29, 0.717) is 31.3 Å². The number of allylic oxidation sites excluding steroid dienone is 2. The van der Waals surface area contributed by atoms with Gasteiger partial charge < -0.3 is 44.8 Å². The molecule has 1 aliphatic heterocycles. The van der Waals surface area contributed by atoms with Crippen molar-refractivity contribution < 1.29 is 62.0 Å². The Hall–Kier alpha value is -1.01. The van der Waals surface area contributed by atoms with Gasteiger partial charge in [-0.15, -0.1) is 0 Å². The Morgan fingerprint density at radius 3 is 2.35 bits per heavy atom. The van der Waals surface area contributed by atoms with E-state index in [1.807, 2.05) is 52.8 Å². The highest BCUT2D eigenvalue weighted by Crippen LogP contribution is 2.69. The van der Waals surface area contributed by atoms with Gasteiger partial charge in [0.05, 0.1) is 30.5 Å². The summed E-state index contributed by atoms with van der Waals surface area (Å²) in [5.41, 5.74) is -2.52. The van der Waals surface area contributed by atoms with E-state index in [1.54, 1.807) is 0 Å². The molecule has 9 unspecified atom stereocenters. The number of fused-ring (bicyclic) bond motifs is 5. The van der Waals surface area contributed by atoms with E-state index >= 15 is 0 Å². The lowest BCUT2D eigenvalue weighted by Crippen LogP contribution is -2.66. The molecule has 5 aliphatic rings. The van der Waals surface area contributed by atoms with Crippen LogP contribution >= 0.6 is 0 Å². The maximum Gasteiger partial charge on any atom is 0.397 e. The first-order valence-corrected chi connectivity index (χ1v) is 18.6. The summed E-state index contributed by atoms with van der Waals surface area (Å²) >= 11 is 0. The van der Waals surface area contributed by atoms with Crippen LogP contribution in [0, 0.1) is 46.3 Å². The molecule has 1 saturated heterocycles. The van der Waals surface area contributed by atoms with Crippen molar-refractivity contribution in [3.05, 3.63) is 23.8 Å². The number of hydrogen-bond donors (Lipinski definition) is 7. The van der Waals surface area contributed by atoms with Crippen LogP contribution in [0.2, 0.25) is 0 Å². The lowest BCUT2D eigenvalue weighted by Gasteiger charge is -2.64. The summed E-state index contributed by atoms with van der Waals surface area (Å²) in [5, 5.41) is 66.4. The number of rotatable bonds is 10. The van der Waals surface area contributed by atoms with Gasteiger partial charge >= 0.3 is 10.4 Å². The molecule has 0 radical (unpaired) electrons. The van der Waals surface area contributed by atoms with Crippen molar-refractivity contribution in [2.24, 2.45) is 46.3 Å². The molecule has 4 aliphatic carbocycles. The molecule has 3 saturated carbocycles. The predicted molar refractivity (Wildman–Crippen MR) is 172 cm³/mol. The highest BCUT2D eigenvalue weighted by Gasteiger charge is 2.73. The van der Waals surface area contributed by atoms with Gasteiger partial charge in [-0.3, -0.25) is 4.55 Å². The topological polar surface area (TPSA) is 213 Å². The summed E-state index contributed by atoms with van der Waals surface area (Å²) in [7, 11) is -3.63. The monoisotopic (exact) mass is 704 g/mol. The normalized spacial score (nSPS) is 48.3. The summed E-state index contributed by atoms with van der Waals surface area (Å²) in [4.78, 5) is 0. The zero-order valence-electron chi connectivity index (χ0n) is 28.8. The van der Waals surface area contributed by atoms with E-state index < -0.39 is 93.6 Å². The molecule has 0 bridgehead atoms. The molecule has 5 rings (SSSR count). The van der Waals surface area contributed by atoms with Crippen molar-refractivity contribution in [1.29, 1.82) is 0 Å². The highest BCUT2D eigenvalue weighted by molar-refractivity contribution is 7.80. The van der Waals surface area contributed by atoms with Crippen LogP contribution in [0.15, 0.2) is 23.8 Å². The van der Waals surface area contributed by atoms with Crippen molar-refractivity contribution in [1.82, 2.24) is 0 Å². The van der Waals surface area contributed by atoms with Gasteiger partial charge in [0.15, 0.2) is 6.29 Å². The van der Waals surface area contributed by atoms with Gasteiger partial charge in [-0.2, -0.15) is 8.42 Å². The van der Waals surface area contributed by atoms with Crippen LogP contribution in [0.3, 0.4) is 0 Å². The third-order valence-electron chi connectivity index (χ3n) is 13.0. The second-order valence-electron chi connectivity index (χ2n) is 15.8. The molecule has 14 heteroatoms. The van der Waals surface area contributed by atoms with Crippen molar-refractivity contribution in [2.75, 3.05) is 20.3 Å². The molecule has 0 aromatic heterocycles. The average molecular weight is 705 g/mol. The molecule has 0 amide bonds. The third-order valence-corrected chi connectivity index (χ3v) is 13.4. The predicted octanol–water partition coefficient (Wildman–Crippen LogP) is 1.35. The van der Waals surface area contributed by atoms with Gasteiger partial charge in [0, 0.05) is 26.1 Å². The first-order chi connectivity index (χ1) is 22.3. The summed E-state index contributed by atoms with van der Waals surface area (Å²) in [6, 6.07) is 0. The fourth-order valence-electron chi connectivity index (χ4n) is 10.4. The van der Waals surface area contributed by atoms with E-state index in [1.165, 1.54) is 7.11 Å². The van der Waals surface area contributed by atoms with Gasteiger partial charge in [0.1, 0.15) is 24.4 Å². The van der Waals surface area contributed by atoms with Crippen LogP contribution in [0.25, 0.3) is 0 Å². The number of aliphatic hydroxyl groups is 6. The van der Waals surface area contributed by atoms with Crippen LogP contribution in [0.5, 0.6) is 0 Å². The third kappa shape index (κ3) is 6.58. The first-order valence-electron chi connectivity index (χ1n) is 17.2. The zero-order valence-corrected chi connectivity index (χ0v) is 29.6. The van der Waals surface area contributed by atoms with Gasteiger partial charge in [-0.05, 0) is 71.7 Å². The van der Waals surface area contributed by atoms with Crippen LogP contribution in [0.1, 0.15) is 66.7 Å². The van der Waals surface area contributed by atoms with Crippen molar-refractivity contribution in [3.63, 3.8) is 0 Å². The quantitative estimate of drug-likeness (QED) is 0.127. The molecule has 0 spiro atoms. The van der Waals surface area contributed by atoms with Crippen molar-refractivity contribution in [3.8, 4) is 0 Å². The molecule has 17 atom stereocenters.